The molecular weight excluding hydrogens is 384 g/mol. The zero-order valence-electron chi connectivity index (χ0n) is 20.6. The highest BCUT2D eigenvalue weighted by atomic mass is 16.3. The lowest BCUT2D eigenvalue weighted by atomic mass is 9.44. The van der Waals surface area contributed by atoms with E-state index in [0.29, 0.717) is 30.1 Å². The number of allylic oxidation sites excluding steroid dienone is 2. The molecule has 0 bridgehead atoms. The number of fused-ring (bicyclic) bond motifs is 5. The molecule has 3 fully saturated rings. The molecule has 0 amide bonds. The van der Waals surface area contributed by atoms with E-state index in [1.54, 1.807) is 0 Å². The van der Waals surface area contributed by atoms with Crippen LogP contribution < -0.4 is 0 Å². The maximum absolute atomic E-state index is 12.3. The molecule has 0 unspecified atom stereocenters. The Kier molecular flexibility index (Phi) is 6.06. The van der Waals surface area contributed by atoms with Gasteiger partial charge in [-0.05, 0) is 91.3 Å². The van der Waals surface area contributed by atoms with Gasteiger partial charge in [-0.3, -0.25) is 0 Å². The second-order valence-electron chi connectivity index (χ2n) is 12.5. The van der Waals surface area contributed by atoms with Gasteiger partial charge >= 0.3 is 0 Å². The van der Waals surface area contributed by atoms with E-state index < -0.39 is 11.7 Å². The van der Waals surface area contributed by atoms with Crippen molar-refractivity contribution in [3.63, 3.8) is 0 Å². The normalized spacial score (nSPS) is 49.4. The molecule has 3 N–H and O–H groups in total. The summed E-state index contributed by atoms with van der Waals surface area (Å²) in [4.78, 5) is 0. The first-order chi connectivity index (χ1) is 14.4. The Bertz CT molecular complexity index is 741. The van der Waals surface area contributed by atoms with Crippen molar-refractivity contribution in [1.82, 2.24) is 0 Å². The molecular formula is C28H46O3. The van der Waals surface area contributed by atoms with Gasteiger partial charge in [-0.15, -0.1) is 0 Å². The molecule has 31 heavy (non-hydrogen) atoms. The Balaban J connectivity index is 1.63. The van der Waals surface area contributed by atoms with E-state index in [2.05, 4.69) is 53.7 Å². The van der Waals surface area contributed by atoms with E-state index in [4.69, 9.17) is 0 Å². The minimum absolute atomic E-state index is 0.0624. The van der Waals surface area contributed by atoms with E-state index in [1.165, 1.54) is 5.57 Å². The highest BCUT2D eigenvalue weighted by molar-refractivity contribution is 5.32. The van der Waals surface area contributed by atoms with Gasteiger partial charge in [0.15, 0.2) is 0 Å². The molecule has 0 aromatic heterocycles. The fourth-order valence-corrected chi connectivity index (χ4v) is 8.32. The first-order valence-electron chi connectivity index (χ1n) is 12.9. The van der Waals surface area contributed by atoms with Crippen LogP contribution in [0.4, 0.5) is 0 Å². The van der Waals surface area contributed by atoms with Gasteiger partial charge in [-0.25, -0.2) is 0 Å². The van der Waals surface area contributed by atoms with Crippen LogP contribution in [-0.2, 0) is 0 Å². The van der Waals surface area contributed by atoms with Crippen LogP contribution in [0, 0.1) is 46.3 Å². The van der Waals surface area contributed by atoms with Crippen molar-refractivity contribution >= 4 is 0 Å². The summed E-state index contributed by atoms with van der Waals surface area (Å²) >= 11 is 0. The van der Waals surface area contributed by atoms with Crippen molar-refractivity contribution in [3.05, 3.63) is 23.8 Å². The highest BCUT2D eigenvalue weighted by Crippen LogP contribution is 2.68. The number of aliphatic hydroxyl groups is 3. The Hall–Kier alpha value is -0.640. The topological polar surface area (TPSA) is 60.7 Å². The van der Waals surface area contributed by atoms with Crippen LogP contribution in [0.1, 0.15) is 86.5 Å². The smallest absolute Gasteiger partial charge is 0.102 e. The third-order valence-electron chi connectivity index (χ3n) is 10.7. The Morgan fingerprint density at radius 3 is 2.32 bits per heavy atom. The van der Waals surface area contributed by atoms with Crippen LogP contribution in [0.25, 0.3) is 0 Å². The summed E-state index contributed by atoms with van der Waals surface area (Å²) in [6.07, 6.45) is 12.3. The number of aliphatic hydroxyl groups excluding tert-OH is 2. The summed E-state index contributed by atoms with van der Waals surface area (Å²) in [6.45, 7) is 13.9. The molecule has 0 heterocycles. The molecule has 0 saturated heterocycles. The highest BCUT2D eigenvalue weighted by Gasteiger charge is 2.68. The molecule has 0 spiro atoms. The molecule has 4 aliphatic carbocycles. The average Bonchev–Trinajstić information content (AvgIpc) is 3.06. The monoisotopic (exact) mass is 430 g/mol. The van der Waals surface area contributed by atoms with Crippen molar-refractivity contribution < 1.29 is 15.3 Å². The zero-order chi connectivity index (χ0) is 22.8. The summed E-state index contributed by atoms with van der Waals surface area (Å²) in [6, 6.07) is 0. The summed E-state index contributed by atoms with van der Waals surface area (Å²) in [5.74, 6) is 2.50. The molecule has 0 aliphatic heterocycles. The third-order valence-corrected chi connectivity index (χ3v) is 10.7. The summed E-state index contributed by atoms with van der Waals surface area (Å²) in [7, 11) is 0. The van der Waals surface area contributed by atoms with Gasteiger partial charge in [0.25, 0.3) is 0 Å². The van der Waals surface area contributed by atoms with Gasteiger partial charge < -0.3 is 15.3 Å². The largest absolute Gasteiger partial charge is 0.393 e. The second-order valence-corrected chi connectivity index (χ2v) is 12.5. The van der Waals surface area contributed by atoms with Crippen molar-refractivity contribution in [2.45, 2.75) is 104 Å². The van der Waals surface area contributed by atoms with E-state index in [0.717, 1.165) is 38.5 Å². The Morgan fingerprint density at radius 2 is 1.65 bits per heavy atom. The average molecular weight is 431 g/mol. The maximum atomic E-state index is 12.3. The molecule has 3 nitrogen and oxygen atoms in total. The molecule has 4 aliphatic rings. The van der Waals surface area contributed by atoms with Crippen LogP contribution >= 0.6 is 0 Å². The predicted molar refractivity (Wildman–Crippen MR) is 126 cm³/mol. The molecule has 0 radical (unpaired) electrons. The number of hydrogen-bond donors (Lipinski definition) is 3. The lowest BCUT2D eigenvalue weighted by Gasteiger charge is -2.63. The van der Waals surface area contributed by atoms with Crippen molar-refractivity contribution in [1.29, 1.82) is 0 Å². The predicted octanol–water partition coefficient (Wildman–Crippen LogP) is 5.50. The number of hydrogen-bond acceptors (Lipinski definition) is 3. The standard InChI is InChI=1S/C28H46O3/c1-17(2)18(3)7-8-19(4)22-9-10-23-27(22,6)14-12-24-26(5)13-11-21(29)15-20(26)16-25(30)28(23,24)31/h7-8,16-19,21-25,29-31H,9-15H2,1-6H3/b8-7+/t18-,19+,21-,22+,23+,24+,25-,26-,27+,28+/m0/s1. The molecule has 10 atom stereocenters. The summed E-state index contributed by atoms with van der Waals surface area (Å²) in [5, 5.41) is 33.8. The molecule has 4 rings (SSSR count). The molecule has 3 saturated carbocycles. The van der Waals surface area contributed by atoms with Crippen LogP contribution in [0.2, 0.25) is 0 Å². The fourth-order valence-electron chi connectivity index (χ4n) is 8.32. The Morgan fingerprint density at radius 1 is 0.935 bits per heavy atom. The third kappa shape index (κ3) is 3.49. The quantitative estimate of drug-likeness (QED) is 0.516. The van der Waals surface area contributed by atoms with Gasteiger partial charge in [0.1, 0.15) is 11.7 Å². The first kappa shape index (κ1) is 23.5. The van der Waals surface area contributed by atoms with Crippen LogP contribution in [0.15, 0.2) is 23.8 Å². The van der Waals surface area contributed by atoms with Crippen LogP contribution in [0.3, 0.4) is 0 Å². The molecule has 176 valence electrons. The molecule has 0 aromatic carbocycles. The lowest BCUT2D eigenvalue weighted by Crippen LogP contribution is -2.67. The van der Waals surface area contributed by atoms with Crippen LogP contribution in [0.5, 0.6) is 0 Å². The van der Waals surface area contributed by atoms with Gasteiger partial charge in [0.05, 0.1) is 6.10 Å². The molecule has 0 aromatic rings. The SMILES string of the molecule is CC(C)[C@@H](C)/C=C/[C@@H](C)[C@H]1CC[C@@H]2[C@]1(C)CC[C@H]1[C@@]2(O)[C@@H](O)C=C2C[C@@H](O)CC[C@@]21C. The van der Waals surface area contributed by atoms with Crippen molar-refractivity contribution in [2.24, 2.45) is 46.3 Å². The van der Waals surface area contributed by atoms with Crippen molar-refractivity contribution in [3.8, 4) is 0 Å². The minimum atomic E-state index is -1.04. The maximum Gasteiger partial charge on any atom is 0.102 e. The fraction of sp³-hybridized carbons (Fsp3) is 0.857. The van der Waals surface area contributed by atoms with Crippen molar-refractivity contribution in [2.75, 3.05) is 0 Å². The minimum Gasteiger partial charge on any atom is -0.393 e. The van der Waals surface area contributed by atoms with Crippen LogP contribution in [-0.4, -0.2) is 33.1 Å². The number of rotatable bonds is 4. The van der Waals surface area contributed by atoms with E-state index in [1.807, 2.05) is 6.08 Å². The first-order valence-corrected chi connectivity index (χ1v) is 12.9. The van der Waals surface area contributed by atoms with Gasteiger partial charge in [0.2, 0.25) is 0 Å². The molecule has 3 heteroatoms. The van der Waals surface area contributed by atoms with Gasteiger partial charge in [0, 0.05) is 0 Å². The summed E-state index contributed by atoms with van der Waals surface area (Å²) < 4.78 is 0. The second kappa shape index (κ2) is 7.99. The van der Waals surface area contributed by atoms with E-state index in [9.17, 15) is 15.3 Å². The van der Waals surface area contributed by atoms with Gasteiger partial charge in [-0.2, -0.15) is 0 Å². The van der Waals surface area contributed by atoms with E-state index in [-0.39, 0.29) is 28.8 Å². The zero-order valence-corrected chi connectivity index (χ0v) is 20.6. The lowest BCUT2D eigenvalue weighted by molar-refractivity contribution is -0.221. The van der Waals surface area contributed by atoms with Gasteiger partial charge in [-0.1, -0.05) is 65.3 Å². The summed E-state index contributed by atoms with van der Waals surface area (Å²) in [5.41, 5.74) is 0.111. The Labute approximate surface area is 190 Å². The van der Waals surface area contributed by atoms with E-state index >= 15 is 0 Å².